The summed E-state index contributed by atoms with van der Waals surface area (Å²) in [5, 5.41) is 0. The van der Waals surface area contributed by atoms with E-state index in [0.29, 0.717) is 25.3 Å². The molecule has 0 atom stereocenters. The van der Waals surface area contributed by atoms with Crippen LogP contribution in [-0.2, 0) is 11.3 Å². The Kier molecular flexibility index (Phi) is 4.76. The third kappa shape index (κ3) is 3.53. The second kappa shape index (κ2) is 6.10. The van der Waals surface area contributed by atoms with Crippen molar-refractivity contribution >= 4 is 5.78 Å². The average Bonchev–Trinajstić information content (AvgIpc) is 2.26. The Labute approximate surface area is 94.9 Å². The van der Waals surface area contributed by atoms with Crippen molar-refractivity contribution in [2.24, 2.45) is 0 Å². The first kappa shape index (κ1) is 12.5. The Balaban J connectivity index is 2.78. The van der Waals surface area contributed by atoms with Gasteiger partial charge in [0, 0.05) is 19.2 Å². The number of carbonyl (C=O) groups is 1. The van der Waals surface area contributed by atoms with Crippen LogP contribution in [0.25, 0.3) is 0 Å². The minimum absolute atomic E-state index is 0.0757. The van der Waals surface area contributed by atoms with Gasteiger partial charge in [0.2, 0.25) is 0 Å². The lowest BCUT2D eigenvalue weighted by atomic mass is 10.3. The van der Waals surface area contributed by atoms with Gasteiger partial charge in [-0.1, -0.05) is 6.92 Å². The molecule has 0 spiro atoms. The van der Waals surface area contributed by atoms with Gasteiger partial charge in [0.15, 0.2) is 5.75 Å². The van der Waals surface area contributed by atoms with Gasteiger partial charge in [0.25, 0.3) is 5.56 Å². The van der Waals surface area contributed by atoms with Crippen molar-refractivity contribution < 1.29 is 9.53 Å². The second-order valence-corrected chi connectivity index (χ2v) is 3.67. The Bertz CT molecular complexity index is 409. The largest absolute Gasteiger partial charge is 0.488 e. The number of carbonyl (C=O) groups excluding carboxylic acids is 1. The number of pyridine rings is 1. The van der Waals surface area contributed by atoms with E-state index >= 15 is 0 Å². The van der Waals surface area contributed by atoms with E-state index in [-0.39, 0.29) is 11.3 Å². The maximum absolute atomic E-state index is 11.8. The molecule has 4 heteroatoms. The van der Waals surface area contributed by atoms with Crippen molar-refractivity contribution in [3.8, 4) is 5.75 Å². The minimum atomic E-state index is -0.169. The number of rotatable bonds is 6. The molecule has 0 bridgehead atoms. The molecule has 88 valence electrons. The SMILES string of the molecule is CCCOc1cccn(CCC(C)=O)c1=O. The number of Topliss-reactive ketones (excluding diaryl/α,β-unsaturated/α-hetero) is 1. The van der Waals surface area contributed by atoms with Gasteiger partial charge in [-0.05, 0) is 25.5 Å². The summed E-state index contributed by atoms with van der Waals surface area (Å²) < 4.78 is 6.82. The van der Waals surface area contributed by atoms with Gasteiger partial charge in [-0.3, -0.25) is 9.59 Å². The highest BCUT2D eigenvalue weighted by Crippen LogP contribution is 2.03. The van der Waals surface area contributed by atoms with E-state index in [1.165, 1.54) is 11.5 Å². The molecule has 0 aliphatic heterocycles. The lowest BCUT2D eigenvalue weighted by Crippen LogP contribution is -2.22. The van der Waals surface area contributed by atoms with E-state index in [9.17, 15) is 9.59 Å². The highest BCUT2D eigenvalue weighted by Gasteiger charge is 2.04. The highest BCUT2D eigenvalue weighted by atomic mass is 16.5. The van der Waals surface area contributed by atoms with Gasteiger partial charge >= 0.3 is 0 Å². The van der Waals surface area contributed by atoms with Crippen LogP contribution in [0.15, 0.2) is 23.1 Å². The van der Waals surface area contributed by atoms with E-state index in [2.05, 4.69) is 0 Å². The molecule has 4 nitrogen and oxygen atoms in total. The third-order valence-electron chi connectivity index (χ3n) is 2.15. The van der Waals surface area contributed by atoms with E-state index in [1.54, 1.807) is 18.3 Å². The quantitative estimate of drug-likeness (QED) is 0.736. The summed E-state index contributed by atoms with van der Waals surface area (Å²) in [6.45, 7) is 4.45. The predicted octanol–water partition coefficient (Wildman–Crippen LogP) is 1.62. The molecule has 0 amide bonds. The fraction of sp³-hybridized carbons (Fsp3) is 0.500. The van der Waals surface area contributed by atoms with Crippen LogP contribution < -0.4 is 10.3 Å². The fourth-order valence-corrected chi connectivity index (χ4v) is 1.29. The molecule has 1 aromatic heterocycles. The number of ether oxygens (including phenoxy) is 1. The molecular weight excluding hydrogens is 206 g/mol. The average molecular weight is 223 g/mol. The zero-order valence-corrected chi connectivity index (χ0v) is 9.73. The van der Waals surface area contributed by atoms with Crippen LogP contribution >= 0.6 is 0 Å². The molecule has 0 saturated heterocycles. The number of nitrogens with zero attached hydrogens (tertiary/aromatic N) is 1. The minimum Gasteiger partial charge on any atom is -0.488 e. The number of aromatic nitrogens is 1. The summed E-state index contributed by atoms with van der Waals surface area (Å²) >= 11 is 0. The molecule has 1 heterocycles. The molecule has 0 N–H and O–H groups in total. The van der Waals surface area contributed by atoms with Crippen molar-refractivity contribution in [2.45, 2.75) is 33.2 Å². The molecule has 16 heavy (non-hydrogen) atoms. The summed E-state index contributed by atoms with van der Waals surface area (Å²) in [6.07, 6.45) is 2.91. The van der Waals surface area contributed by atoms with Crippen LogP contribution in [0.3, 0.4) is 0 Å². The molecule has 0 saturated carbocycles. The Morgan fingerprint density at radius 2 is 2.25 bits per heavy atom. The van der Waals surface area contributed by atoms with Crippen LogP contribution in [0.5, 0.6) is 5.75 Å². The van der Waals surface area contributed by atoms with Crippen LogP contribution in [0.2, 0.25) is 0 Å². The topological polar surface area (TPSA) is 48.3 Å². The molecule has 0 unspecified atom stereocenters. The van der Waals surface area contributed by atoms with Crippen molar-refractivity contribution in [3.05, 3.63) is 28.7 Å². The first-order valence-electron chi connectivity index (χ1n) is 5.47. The van der Waals surface area contributed by atoms with Crippen molar-refractivity contribution in [3.63, 3.8) is 0 Å². The zero-order valence-electron chi connectivity index (χ0n) is 9.73. The first-order valence-corrected chi connectivity index (χ1v) is 5.47. The van der Waals surface area contributed by atoms with Gasteiger partial charge < -0.3 is 9.30 Å². The van der Waals surface area contributed by atoms with Crippen LogP contribution in [0.1, 0.15) is 26.7 Å². The lowest BCUT2D eigenvalue weighted by Gasteiger charge is -2.07. The van der Waals surface area contributed by atoms with Crippen LogP contribution in [0, 0.1) is 0 Å². The lowest BCUT2D eigenvalue weighted by molar-refractivity contribution is -0.117. The Morgan fingerprint density at radius 3 is 2.88 bits per heavy atom. The van der Waals surface area contributed by atoms with E-state index < -0.39 is 0 Å². The van der Waals surface area contributed by atoms with E-state index in [1.807, 2.05) is 6.92 Å². The number of aryl methyl sites for hydroxylation is 1. The molecule has 1 aromatic rings. The Morgan fingerprint density at radius 1 is 1.50 bits per heavy atom. The zero-order chi connectivity index (χ0) is 12.0. The van der Waals surface area contributed by atoms with Gasteiger partial charge in [0.05, 0.1) is 6.61 Å². The summed E-state index contributed by atoms with van der Waals surface area (Å²) in [7, 11) is 0. The van der Waals surface area contributed by atoms with Crippen LogP contribution in [0.4, 0.5) is 0 Å². The van der Waals surface area contributed by atoms with E-state index in [0.717, 1.165) is 6.42 Å². The van der Waals surface area contributed by atoms with Gasteiger partial charge in [-0.15, -0.1) is 0 Å². The number of ketones is 1. The third-order valence-corrected chi connectivity index (χ3v) is 2.15. The molecule has 0 fully saturated rings. The normalized spacial score (nSPS) is 10.1. The molecule has 1 rings (SSSR count). The highest BCUT2D eigenvalue weighted by molar-refractivity contribution is 5.75. The summed E-state index contributed by atoms with van der Waals surface area (Å²) in [6, 6.07) is 3.41. The van der Waals surface area contributed by atoms with E-state index in [4.69, 9.17) is 4.74 Å². The molecular formula is C12H17NO3. The van der Waals surface area contributed by atoms with Crippen molar-refractivity contribution in [1.82, 2.24) is 4.57 Å². The smallest absolute Gasteiger partial charge is 0.292 e. The number of hydrogen-bond acceptors (Lipinski definition) is 3. The standard InChI is InChI=1S/C12H17NO3/c1-3-9-16-11-5-4-7-13(12(11)15)8-6-10(2)14/h4-5,7H,3,6,8-9H2,1-2H3. The van der Waals surface area contributed by atoms with Gasteiger partial charge in [0.1, 0.15) is 5.78 Å². The maximum atomic E-state index is 11.8. The second-order valence-electron chi connectivity index (χ2n) is 3.67. The fourth-order valence-electron chi connectivity index (χ4n) is 1.29. The monoisotopic (exact) mass is 223 g/mol. The summed E-state index contributed by atoms with van der Waals surface area (Å²) in [5.41, 5.74) is -0.169. The maximum Gasteiger partial charge on any atom is 0.292 e. The van der Waals surface area contributed by atoms with Crippen LogP contribution in [-0.4, -0.2) is 17.0 Å². The number of hydrogen-bond donors (Lipinski definition) is 0. The Hall–Kier alpha value is -1.58. The predicted molar refractivity (Wildman–Crippen MR) is 61.8 cm³/mol. The molecule has 0 aromatic carbocycles. The van der Waals surface area contributed by atoms with Gasteiger partial charge in [-0.25, -0.2) is 0 Å². The molecule has 0 radical (unpaired) electrons. The summed E-state index contributed by atoms with van der Waals surface area (Å²) in [4.78, 5) is 22.7. The summed E-state index contributed by atoms with van der Waals surface area (Å²) in [5.74, 6) is 0.430. The van der Waals surface area contributed by atoms with Gasteiger partial charge in [-0.2, -0.15) is 0 Å². The first-order chi connectivity index (χ1) is 7.65. The molecule has 0 aliphatic carbocycles. The van der Waals surface area contributed by atoms with Crippen molar-refractivity contribution in [1.29, 1.82) is 0 Å². The molecule has 0 aliphatic rings. The van der Waals surface area contributed by atoms with Crippen molar-refractivity contribution in [2.75, 3.05) is 6.61 Å².